The summed E-state index contributed by atoms with van der Waals surface area (Å²) in [5, 5.41) is 1.10. The fraction of sp³-hybridized carbons (Fsp3) is 0.294. The lowest BCUT2D eigenvalue weighted by atomic mass is 10.1. The Labute approximate surface area is 133 Å². The predicted octanol–water partition coefficient (Wildman–Crippen LogP) is 2.76. The second-order valence-corrected chi connectivity index (χ2v) is 6.57. The van der Waals surface area contributed by atoms with E-state index in [0.29, 0.717) is 19.6 Å². The molecule has 2 aromatic rings. The average Bonchev–Trinajstić information content (AvgIpc) is 2.97. The Morgan fingerprint density at radius 2 is 2.09 bits per heavy atom. The zero-order valence-corrected chi connectivity index (χ0v) is 13.3. The van der Waals surface area contributed by atoms with E-state index in [4.69, 9.17) is 0 Å². The van der Waals surface area contributed by atoms with Gasteiger partial charge in [-0.2, -0.15) is 0 Å². The van der Waals surface area contributed by atoms with Crippen molar-refractivity contribution in [3.63, 3.8) is 0 Å². The molecular weight excluding hydrogens is 296 g/mol. The lowest BCUT2D eigenvalue weighted by Crippen LogP contribution is -2.55. The first-order valence-corrected chi connectivity index (χ1v) is 8.12. The van der Waals surface area contributed by atoms with Gasteiger partial charge in [0.15, 0.2) is 0 Å². The monoisotopic (exact) mass is 314 g/mol. The molecule has 1 atom stereocenters. The minimum atomic E-state index is -0.0681. The highest BCUT2D eigenvalue weighted by Crippen LogP contribution is 2.27. The molecule has 0 unspecified atom stereocenters. The van der Waals surface area contributed by atoms with Crippen LogP contribution in [0.15, 0.2) is 43.0 Å². The molecule has 22 heavy (non-hydrogen) atoms. The van der Waals surface area contributed by atoms with E-state index in [2.05, 4.69) is 6.58 Å². The van der Waals surface area contributed by atoms with E-state index in [1.807, 2.05) is 42.2 Å². The summed E-state index contributed by atoms with van der Waals surface area (Å²) in [6.45, 7) is 7.18. The molecule has 0 saturated carbocycles. The van der Waals surface area contributed by atoms with Crippen LogP contribution in [-0.4, -0.2) is 47.3 Å². The summed E-state index contributed by atoms with van der Waals surface area (Å²) in [7, 11) is 0. The van der Waals surface area contributed by atoms with E-state index in [1.54, 1.807) is 4.90 Å². The van der Waals surface area contributed by atoms with Gasteiger partial charge in [-0.15, -0.1) is 11.3 Å². The molecule has 0 aliphatic carbocycles. The van der Waals surface area contributed by atoms with E-state index in [9.17, 15) is 9.59 Å². The first-order chi connectivity index (χ1) is 10.6. The third-order valence-electron chi connectivity index (χ3n) is 4.01. The number of nitrogens with zero attached hydrogens (tertiary/aromatic N) is 2. The van der Waals surface area contributed by atoms with Gasteiger partial charge in [0.25, 0.3) is 5.91 Å². The van der Waals surface area contributed by atoms with E-state index < -0.39 is 0 Å². The van der Waals surface area contributed by atoms with Crippen molar-refractivity contribution in [1.29, 1.82) is 0 Å². The quantitative estimate of drug-likeness (QED) is 0.800. The summed E-state index contributed by atoms with van der Waals surface area (Å²) in [6.07, 6.45) is 1.33. The number of carbonyl (C=O) groups is 2. The maximum atomic E-state index is 12.7. The first kappa shape index (κ1) is 14.8. The molecule has 2 amide bonds. The van der Waals surface area contributed by atoms with Crippen LogP contribution in [0.25, 0.3) is 10.1 Å². The summed E-state index contributed by atoms with van der Waals surface area (Å²) >= 11 is 1.52. The van der Waals surface area contributed by atoms with Crippen molar-refractivity contribution in [2.45, 2.75) is 13.0 Å². The Hall–Kier alpha value is -2.14. The molecule has 1 aromatic heterocycles. The highest BCUT2D eigenvalue weighted by molar-refractivity contribution is 7.20. The fourth-order valence-corrected chi connectivity index (χ4v) is 3.86. The van der Waals surface area contributed by atoms with Gasteiger partial charge >= 0.3 is 0 Å². The number of piperazine rings is 1. The van der Waals surface area contributed by atoms with E-state index >= 15 is 0 Å². The Morgan fingerprint density at radius 1 is 1.32 bits per heavy atom. The number of thiophene rings is 1. The first-order valence-electron chi connectivity index (χ1n) is 7.31. The van der Waals surface area contributed by atoms with Crippen molar-refractivity contribution in [2.75, 3.05) is 19.6 Å². The van der Waals surface area contributed by atoms with Crippen LogP contribution in [0.3, 0.4) is 0 Å². The lowest BCUT2D eigenvalue weighted by Gasteiger charge is -2.39. The van der Waals surface area contributed by atoms with Gasteiger partial charge in [-0.1, -0.05) is 24.8 Å². The summed E-state index contributed by atoms with van der Waals surface area (Å²) in [6, 6.07) is 9.97. The molecule has 0 N–H and O–H groups in total. The highest BCUT2D eigenvalue weighted by atomic mass is 32.1. The molecule has 5 heteroatoms. The number of fused-ring (bicyclic) bond motifs is 1. The molecule has 1 fully saturated rings. The fourth-order valence-electron chi connectivity index (χ4n) is 2.83. The molecule has 1 saturated heterocycles. The van der Waals surface area contributed by atoms with Crippen molar-refractivity contribution >= 4 is 33.2 Å². The number of benzene rings is 1. The maximum Gasteiger partial charge on any atom is 0.264 e. The largest absolute Gasteiger partial charge is 0.334 e. The summed E-state index contributed by atoms with van der Waals surface area (Å²) in [5.74, 6) is -0.0137. The Kier molecular flexibility index (Phi) is 3.98. The molecule has 114 valence electrons. The van der Waals surface area contributed by atoms with Gasteiger partial charge in [-0.25, -0.2) is 0 Å². The number of rotatable bonds is 2. The molecule has 4 nitrogen and oxygen atoms in total. The van der Waals surface area contributed by atoms with E-state index in [-0.39, 0.29) is 17.9 Å². The van der Waals surface area contributed by atoms with Crippen molar-refractivity contribution in [3.05, 3.63) is 47.9 Å². The van der Waals surface area contributed by atoms with Crippen LogP contribution < -0.4 is 0 Å². The molecule has 1 aromatic carbocycles. The van der Waals surface area contributed by atoms with E-state index in [0.717, 1.165) is 15.0 Å². The van der Waals surface area contributed by atoms with Gasteiger partial charge in [0, 0.05) is 30.4 Å². The number of carbonyl (C=O) groups excluding carboxylic acids is 2. The van der Waals surface area contributed by atoms with Gasteiger partial charge in [0.2, 0.25) is 5.91 Å². The van der Waals surface area contributed by atoms with Crippen LogP contribution in [0.1, 0.15) is 16.6 Å². The summed E-state index contributed by atoms with van der Waals surface area (Å²) in [5.41, 5.74) is 0. The number of hydrogen-bond donors (Lipinski definition) is 0. The second kappa shape index (κ2) is 5.93. The zero-order valence-electron chi connectivity index (χ0n) is 12.5. The van der Waals surface area contributed by atoms with Crippen LogP contribution in [-0.2, 0) is 4.79 Å². The number of hydrogen-bond acceptors (Lipinski definition) is 3. The highest BCUT2D eigenvalue weighted by Gasteiger charge is 2.29. The molecule has 0 spiro atoms. The Balaban J connectivity index is 1.76. The maximum absolute atomic E-state index is 12.7. The zero-order chi connectivity index (χ0) is 15.7. The van der Waals surface area contributed by atoms with Crippen molar-refractivity contribution < 1.29 is 9.59 Å². The average molecular weight is 314 g/mol. The third-order valence-corrected chi connectivity index (χ3v) is 5.11. The SMILES string of the molecule is C=CC(=O)N1CCN(C(=O)c2cc3ccccc3s2)C[C@H]1C. The normalized spacial score (nSPS) is 18.5. The Morgan fingerprint density at radius 3 is 2.77 bits per heavy atom. The minimum Gasteiger partial charge on any atom is -0.334 e. The minimum absolute atomic E-state index is 0.0116. The molecule has 0 bridgehead atoms. The van der Waals surface area contributed by atoms with Crippen LogP contribution in [0.2, 0.25) is 0 Å². The third kappa shape index (κ3) is 2.64. The van der Waals surface area contributed by atoms with Crippen LogP contribution in [0.4, 0.5) is 0 Å². The lowest BCUT2D eigenvalue weighted by molar-refractivity contribution is -0.129. The molecule has 1 aliphatic heterocycles. The molecule has 1 aliphatic rings. The second-order valence-electron chi connectivity index (χ2n) is 5.48. The Bertz CT molecular complexity index is 704. The standard InChI is InChI=1S/C17H18N2O2S/c1-3-16(20)19-9-8-18(11-12(19)2)17(21)15-10-13-6-4-5-7-14(13)22-15/h3-7,10,12H,1,8-9,11H2,2H3/t12-/m1/s1. The van der Waals surface area contributed by atoms with Gasteiger partial charge in [-0.05, 0) is 30.5 Å². The van der Waals surface area contributed by atoms with Gasteiger partial charge in [-0.3, -0.25) is 9.59 Å². The van der Waals surface area contributed by atoms with Crippen molar-refractivity contribution in [2.24, 2.45) is 0 Å². The summed E-state index contributed by atoms with van der Waals surface area (Å²) in [4.78, 5) is 28.8. The molecule has 0 radical (unpaired) electrons. The molecule has 2 heterocycles. The van der Waals surface area contributed by atoms with Gasteiger partial charge in [0.1, 0.15) is 0 Å². The van der Waals surface area contributed by atoms with Crippen LogP contribution >= 0.6 is 11.3 Å². The van der Waals surface area contributed by atoms with Crippen molar-refractivity contribution in [1.82, 2.24) is 9.80 Å². The van der Waals surface area contributed by atoms with Crippen LogP contribution in [0, 0.1) is 0 Å². The smallest absolute Gasteiger partial charge is 0.264 e. The van der Waals surface area contributed by atoms with Crippen LogP contribution in [0.5, 0.6) is 0 Å². The van der Waals surface area contributed by atoms with Gasteiger partial charge < -0.3 is 9.80 Å². The number of amides is 2. The van der Waals surface area contributed by atoms with Gasteiger partial charge in [0.05, 0.1) is 4.88 Å². The topological polar surface area (TPSA) is 40.6 Å². The van der Waals surface area contributed by atoms with Crippen molar-refractivity contribution in [3.8, 4) is 0 Å². The summed E-state index contributed by atoms with van der Waals surface area (Å²) < 4.78 is 1.12. The molecular formula is C17H18N2O2S. The predicted molar refractivity (Wildman–Crippen MR) is 89.1 cm³/mol. The van der Waals surface area contributed by atoms with E-state index in [1.165, 1.54) is 17.4 Å². The molecule has 3 rings (SSSR count).